The minimum absolute atomic E-state index is 0.0166. The lowest BCUT2D eigenvalue weighted by Gasteiger charge is -2.19. The summed E-state index contributed by atoms with van der Waals surface area (Å²) in [5.41, 5.74) is 8.49. The van der Waals surface area contributed by atoms with E-state index in [1.54, 1.807) is 6.92 Å². The van der Waals surface area contributed by atoms with Crippen LogP contribution in [0.5, 0.6) is 5.75 Å². The predicted octanol–water partition coefficient (Wildman–Crippen LogP) is 6.81. The number of alkyl halides is 3. The Bertz CT molecular complexity index is 2680. The van der Waals surface area contributed by atoms with E-state index in [4.69, 9.17) is 5.53 Å². The fourth-order valence-corrected chi connectivity index (χ4v) is 10.5. The molecule has 70 heavy (non-hydrogen) atoms. The molecular weight excluding hydrogens is 956 g/mol. The van der Waals surface area contributed by atoms with Gasteiger partial charge in [-0.3, -0.25) is 19.2 Å². The number of azide groups is 1. The molecule has 2 fully saturated rings. The van der Waals surface area contributed by atoms with Gasteiger partial charge in [-0.2, -0.15) is 30.0 Å². The van der Waals surface area contributed by atoms with Gasteiger partial charge in [0.25, 0.3) is 21.8 Å². The number of sulfonamides is 1. The monoisotopic (exact) mass is 1010 g/mol. The van der Waals surface area contributed by atoms with Crippen molar-refractivity contribution in [2.75, 3.05) is 18.8 Å². The fourth-order valence-electron chi connectivity index (χ4n) is 7.93. The molecule has 2 aliphatic rings. The van der Waals surface area contributed by atoms with Gasteiger partial charge in [0.2, 0.25) is 11.8 Å². The number of amides is 6. The number of hydrogen-bond donors (Lipinski definition) is 7. The number of phenols is 1. The van der Waals surface area contributed by atoms with Crippen LogP contribution in [0.1, 0.15) is 92.2 Å². The van der Waals surface area contributed by atoms with Crippen molar-refractivity contribution in [2.45, 2.75) is 112 Å². The third-order valence-electron chi connectivity index (χ3n) is 11.8. The molecule has 0 aliphatic carbocycles. The standard InChI is InChI=1S/C46H54F3N11O8S2/c1-28-13-14-30(25-37(28)61)36-26-39(46(47,48)49)57-60(36)32-19-21-33(22-20-32)70(67,68)58-44(65)34(53-43(64)29-15-17-31(18-16-29)56-59-50)9-6-8-24-52-40(62)11-3-2-7-23-51-41(63)12-5-4-10-38-42-35(27-69-38)54-45(66)55-42/h13-22,25-26,34-35,38,42,61H,2-12,23-24,27H2,1H3,(H,51,63)(H,52,62)(H,53,64)(H,58,65)(H2,54,55,66)/t34-,35+,38+,42+/m1/s1. The van der Waals surface area contributed by atoms with Crippen LogP contribution in [0.3, 0.4) is 0 Å². The summed E-state index contributed by atoms with van der Waals surface area (Å²) in [6.45, 7) is 2.36. The molecule has 0 bridgehead atoms. The number of benzene rings is 3. The van der Waals surface area contributed by atoms with Gasteiger partial charge in [-0.1, -0.05) is 42.2 Å². The zero-order chi connectivity index (χ0) is 50.4. The van der Waals surface area contributed by atoms with Crippen LogP contribution in [-0.2, 0) is 30.6 Å². The van der Waals surface area contributed by atoms with Crippen molar-refractivity contribution in [3.8, 4) is 22.7 Å². The van der Waals surface area contributed by atoms with Crippen LogP contribution in [0.25, 0.3) is 27.4 Å². The van der Waals surface area contributed by atoms with Crippen LogP contribution in [0.4, 0.5) is 23.7 Å². The Kier molecular flexibility index (Phi) is 18.2. The molecule has 0 radical (unpaired) electrons. The number of carbonyl (C=O) groups excluding carboxylic acids is 5. The van der Waals surface area contributed by atoms with Gasteiger partial charge in [0, 0.05) is 58.7 Å². The molecule has 0 saturated carbocycles. The number of phenolic OH excluding ortho intramolecular Hbond substituents is 1. The molecule has 2 aliphatic heterocycles. The van der Waals surface area contributed by atoms with E-state index < -0.39 is 44.6 Å². The quantitative estimate of drug-likeness (QED) is 0.0127. The fraction of sp³-hybridized carbons (Fsp3) is 0.435. The Labute approximate surface area is 406 Å². The number of carbonyl (C=O) groups is 5. The highest BCUT2D eigenvalue weighted by Crippen LogP contribution is 2.36. The third kappa shape index (κ3) is 14.6. The third-order valence-corrected chi connectivity index (χ3v) is 14.6. The zero-order valence-corrected chi connectivity index (χ0v) is 39.8. The number of aromatic nitrogens is 2. The number of fused-ring (bicyclic) bond motifs is 1. The number of hydrogen-bond acceptors (Lipinski definition) is 11. The summed E-state index contributed by atoms with van der Waals surface area (Å²) < 4.78 is 71.3. The summed E-state index contributed by atoms with van der Waals surface area (Å²) in [7, 11) is -4.61. The normalized spacial score (nSPS) is 16.8. The van der Waals surface area contributed by atoms with Gasteiger partial charge in [0.1, 0.15) is 11.8 Å². The lowest BCUT2D eigenvalue weighted by molar-refractivity contribution is -0.141. The van der Waals surface area contributed by atoms with Crippen LogP contribution in [0.15, 0.2) is 82.8 Å². The van der Waals surface area contributed by atoms with Gasteiger partial charge in [-0.15, -0.1) is 0 Å². The first kappa shape index (κ1) is 52.6. The van der Waals surface area contributed by atoms with Crippen LogP contribution < -0.4 is 31.3 Å². The van der Waals surface area contributed by atoms with Gasteiger partial charge >= 0.3 is 12.2 Å². The first-order valence-electron chi connectivity index (χ1n) is 22.7. The SMILES string of the molecule is Cc1ccc(-c2cc(C(F)(F)F)nn2-c2ccc(S(=O)(=O)NC(=O)[C@@H](CCCCNC(=O)CCCCCNC(=O)CCCC[C@@H]3SC[C@@H]4NC(=O)N[C@@H]43)NC(=O)c3ccc(N=[N+]=[N-])cc3)cc2)cc1O. The Morgan fingerprint density at radius 1 is 0.914 bits per heavy atom. The lowest BCUT2D eigenvalue weighted by atomic mass is 10.0. The molecule has 3 aromatic carbocycles. The molecule has 3 heterocycles. The molecular formula is C46H54F3N11O8S2. The highest BCUT2D eigenvalue weighted by Gasteiger charge is 2.42. The van der Waals surface area contributed by atoms with E-state index in [1.807, 2.05) is 16.5 Å². The smallest absolute Gasteiger partial charge is 0.435 e. The Hall–Kier alpha value is -6.78. The molecule has 2 saturated heterocycles. The molecule has 7 N–H and O–H groups in total. The number of nitrogens with zero attached hydrogens (tertiary/aromatic N) is 5. The number of halogens is 3. The first-order chi connectivity index (χ1) is 33.4. The van der Waals surface area contributed by atoms with Crippen molar-refractivity contribution in [3.05, 3.63) is 100 Å². The van der Waals surface area contributed by atoms with Gasteiger partial charge in [0.15, 0.2) is 5.69 Å². The van der Waals surface area contributed by atoms with Crippen molar-refractivity contribution in [1.29, 1.82) is 0 Å². The minimum Gasteiger partial charge on any atom is -0.508 e. The predicted molar refractivity (Wildman–Crippen MR) is 255 cm³/mol. The molecule has 1 aromatic heterocycles. The van der Waals surface area contributed by atoms with Crippen LogP contribution in [0, 0.1) is 6.92 Å². The van der Waals surface area contributed by atoms with Gasteiger partial charge in [-0.25, -0.2) is 22.6 Å². The number of urea groups is 1. The number of aromatic hydroxyl groups is 1. The minimum atomic E-state index is -4.82. The highest BCUT2D eigenvalue weighted by molar-refractivity contribution is 8.00. The summed E-state index contributed by atoms with van der Waals surface area (Å²) in [4.78, 5) is 65.5. The van der Waals surface area contributed by atoms with Gasteiger partial charge < -0.3 is 31.7 Å². The molecule has 24 heteroatoms. The van der Waals surface area contributed by atoms with Crippen molar-refractivity contribution in [2.24, 2.45) is 5.11 Å². The number of nitrogens with one attached hydrogen (secondary N) is 6. The second-order valence-corrected chi connectivity index (χ2v) is 19.9. The first-order valence-corrected chi connectivity index (χ1v) is 25.3. The van der Waals surface area contributed by atoms with Crippen molar-refractivity contribution < 1.29 is 50.7 Å². The molecule has 0 unspecified atom stereocenters. The second kappa shape index (κ2) is 24.2. The van der Waals surface area contributed by atoms with E-state index in [1.165, 1.54) is 54.6 Å². The maximum atomic E-state index is 13.8. The average Bonchev–Trinajstić information content (AvgIpc) is 4.05. The molecule has 19 nitrogen and oxygen atoms in total. The van der Waals surface area contributed by atoms with E-state index in [2.05, 4.69) is 41.7 Å². The van der Waals surface area contributed by atoms with E-state index in [0.717, 1.165) is 54.3 Å². The molecule has 6 amide bonds. The number of thioether (sulfide) groups is 1. The van der Waals surface area contributed by atoms with E-state index in [-0.39, 0.29) is 89.7 Å². The number of rotatable bonds is 24. The van der Waals surface area contributed by atoms with Crippen molar-refractivity contribution >= 4 is 57.1 Å². The molecule has 4 aromatic rings. The van der Waals surface area contributed by atoms with Gasteiger partial charge in [-0.05, 0) is 111 Å². The topological polar surface area (TPSA) is 278 Å². The summed E-state index contributed by atoms with van der Waals surface area (Å²) >= 11 is 1.85. The summed E-state index contributed by atoms with van der Waals surface area (Å²) in [6.07, 6.45) is 1.10. The Balaban J connectivity index is 0.962. The maximum Gasteiger partial charge on any atom is 0.435 e. The number of unbranched alkanes of at least 4 members (excludes halogenated alkanes) is 4. The van der Waals surface area contributed by atoms with Crippen molar-refractivity contribution in [3.63, 3.8) is 0 Å². The zero-order valence-electron chi connectivity index (χ0n) is 38.1. The van der Waals surface area contributed by atoms with Gasteiger partial charge in [0.05, 0.1) is 28.4 Å². The van der Waals surface area contributed by atoms with Crippen molar-refractivity contribution in [1.82, 2.24) is 41.1 Å². The summed E-state index contributed by atoms with van der Waals surface area (Å²) in [5, 5.41) is 32.0. The summed E-state index contributed by atoms with van der Waals surface area (Å²) in [5.74, 6) is -1.28. The van der Waals surface area contributed by atoms with E-state index in [0.29, 0.717) is 43.0 Å². The molecule has 6 rings (SSSR count). The van der Waals surface area contributed by atoms with Crippen LogP contribution >= 0.6 is 11.8 Å². The second-order valence-electron chi connectivity index (χ2n) is 16.9. The average molecular weight is 1010 g/mol. The molecule has 0 spiro atoms. The molecule has 4 atom stereocenters. The molecule has 374 valence electrons. The van der Waals surface area contributed by atoms with Crippen LogP contribution in [0.2, 0.25) is 0 Å². The lowest BCUT2D eigenvalue weighted by Crippen LogP contribution is -2.48. The Morgan fingerprint density at radius 2 is 1.59 bits per heavy atom. The van der Waals surface area contributed by atoms with E-state index >= 15 is 0 Å². The maximum absolute atomic E-state index is 13.8. The number of aryl methyl sites for hydroxylation is 1. The largest absolute Gasteiger partial charge is 0.508 e. The Morgan fingerprint density at radius 3 is 2.24 bits per heavy atom. The van der Waals surface area contributed by atoms with Crippen LogP contribution in [-0.4, -0.2) is 95.2 Å². The summed E-state index contributed by atoms with van der Waals surface area (Å²) in [6, 6.07) is 13.9. The van der Waals surface area contributed by atoms with E-state index in [9.17, 15) is 50.7 Å². The highest BCUT2D eigenvalue weighted by atomic mass is 32.2.